The summed E-state index contributed by atoms with van der Waals surface area (Å²) in [5, 5.41) is 0. The third-order valence-corrected chi connectivity index (χ3v) is 1.82. The molecule has 1 aromatic rings. The summed E-state index contributed by atoms with van der Waals surface area (Å²) in [7, 11) is 1.72. The molecule has 0 atom stereocenters. The number of hydrogen-bond donors (Lipinski definition) is 1. The highest BCUT2D eigenvalue weighted by Gasteiger charge is 1.82. The second kappa shape index (κ2) is 15.3. The van der Waals surface area contributed by atoms with Crippen molar-refractivity contribution in [1.82, 2.24) is 9.97 Å². The number of nitrogens with zero attached hydrogens (tertiary/aromatic N) is 3. The maximum atomic E-state index is 5.43. The maximum Gasteiger partial charge on any atom is 0.0583 e. The third kappa shape index (κ3) is 12.4. The van der Waals surface area contributed by atoms with Crippen molar-refractivity contribution in [3.05, 3.63) is 36.1 Å². The Morgan fingerprint density at radius 3 is 2.33 bits per heavy atom. The van der Waals surface area contributed by atoms with E-state index in [1.165, 1.54) is 0 Å². The summed E-state index contributed by atoms with van der Waals surface area (Å²) in [4.78, 5) is 11.7. The lowest BCUT2D eigenvalue weighted by Crippen LogP contribution is -1.93. The minimum atomic E-state index is 0.871. The third-order valence-electron chi connectivity index (χ3n) is 1.82. The van der Waals surface area contributed by atoms with Crippen LogP contribution < -0.4 is 5.73 Å². The summed E-state index contributed by atoms with van der Waals surface area (Å²) in [6, 6.07) is 0. The highest BCUT2D eigenvalue weighted by Crippen LogP contribution is 1.88. The number of aromatic nitrogens is 2. The number of hydrogen-bond acceptors (Lipinski definition) is 4. The van der Waals surface area contributed by atoms with E-state index in [0.29, 0.717) is 0 Å². The Labute approximate surface area is 111 Å². The standard InChI is InChI=1S/C6H8N2.C6H12N2.C2H6/c1-2-6-5-7-3-4-8-6;1-3-6(7)4-5-8-2;1-2/h3-5H,2H2,1H3;4-5H,3,7H2,1-2H3;1-2H3/b;6-4-,8-5?;. The summed E-state index contributed by atoms with van der Waals surface area (Å²) in [5.74, 6) is 0. The number of rotatable bonds is 3. The van der Waals surface area contributed by atoms with E-state index < -0.39 is 0 Å². The van der Waals surface area contributed by atoms with Gasteiger partial charge in [-0.3, -0.25) is 15.0 Å². The van der Waals surface area contributed by atoms with Crippen molar-refractivity contribution in [1.29, 1.82) is 0 Å². The Hall–Kier alpha value is -1.71. The van der Waals surface area contributed by atoms with Crippen LogP contribution in [0.4, 0.5) is 0 Å². The fraction of sp³-hybridized carbons (Fsp3) is 0.500. The largest absolute Gasteiger partial charge is 0.402 e. The predicted octanol–water partition coefficient (Wildman–Crippen LogP) is 3.00. The van der Waals surface area contributed by atoms with E-state index in [-0.39, 0.29) is 0 Å². The average molecular weight is 250 g/mol. The zero-order chi connectivity index (χ0) is 14.2. The van der Waals surface area contributed by atoms with Gasteiger partial charge in [0.05, 0.1) is 5.69 Å². The summed E-state index contributed by atoms with van der Waals surface area (Å²) in [6.45, 7) is 8.07. The Morgan fingerprint density at radius 1 is 1.33 bits per heavy atom. The molecule has 1 aromatic heterocycles. The van der Waals surface area contributed by atoms with Gasteiger partial charge in [-0.05, 0) is 18.9 Å². The van der Waals surface area contributed by atoms with Gasteiger partial charge >= 0.3 is 0 Å². The molecule has 1 heterocycles. The first-order valence-corrected chi connectivity index (χ1v) is 6.36. The van der Waals surface area contributed by atoms with Crippen LogP contribution in [-0.4, -0.2) is 23.2 Å². The van der Waals surface area contributed by atoms with Gasteiger partial charge in [-0.25, -0.2) is 0 Å². The van der Waals surface area contributed by atoms with Gasteiger partial charge in [-0.1, -0.05) is 27.7 Å². The summed E-state index contributed by atoms with van der Waals surface area (Å²) in [6.07, 6.45) is 10.5. The Balaban J connectivity index is 0. The molecule has 0 saturated heterocycles. The summed E-state index contributed by atoms with van der Waals surface area (Å²) in [5.41, 5.74) is 7.35. The van der Waals surface area contributed by atoms with Crippen molar-refractivity contribution in [3.63, 3.8) is 0 Å². The highest BCUT2D eigenvalue weighted by atomic mass is 14.8. The minimum absolute atomic E-state index is 0.871. The zero-order valence-corrected chi connectivity index (χ0v) is 12.2. The average Bonchev–Trinajstić information content (AvgIpc) is 2.48. The van der Waals surface area contributed by atoms with Gasteiger partial charge in [-0.15, -0.1) is 0 Å². The predicted molar refractivity (Wildman–Crippen MR) is 79.7 cm³/mol. The van der Waals surface area contributed by atoms with Crippen LogP contribution >= 0.6 is 0 Å². The van der Waals surface area contributed by atoms with Crippen molar-refractivity contribution in [2.24, 2.45) is 10.7 Å². The van der Waals surface area contributed by atoms with Gasteiger partial charge in [0, 0.05) is 37.5 Å². The molecule has 0 unspecified atom stereocenters. The van der Waals surface area contributed by atoms with Gasteiger partial charge in [0.25, 0.3) is 0 Å². The zero-order valence-electron chi connectivity index (χ0n) is 12.2. The summed E-state index contributed by atoms with van der Waals surface area (Å²) >= 11 is 0. The molecular weight excluding hydrogens is 224 g/mol. The number of aryl methyl sites for hydroxylation is 1. The molecule has 18 heavy (non-hydrogen) atoms. The molecule has 4 heteroatoms. The Bertz CT molecular complexity index is 318. The molecular formula is C14H26N4. The fourth-order valence-electron chi connectivity index (χ4n) is 0.801. The lowest BCUT2D eigenvalue weighted by Gasteiger charge is -1.88. The lowest BCUT2D eigenvalue weighted by atomic mass is 10.3. The maximum absolute atomic E-state index is 5.43. The van der Waals surface area contributed by atoms with E-state index in [9.17, 15) is 0 Å². The Kier molecular flexibility index (Phi) is 15.8. The molecule has 0 radical (unpaired) electrons. The highest BCUT2D eigenvalue weighted by molar-refractivity contribution is 5.71. The molecule has 0 amide bonds. The van der Waals surface area contributed by atoms with E-state index in [2.05, 4.69) is 21.9 Å². The van der Waals surface area contributed by atoms with E-state index in [0.717, 1.165) is 24.2 Å². The van der Waals surface area contributed by atoms with Crippen molar-refractivity contribution in [2.75, 3.05) is 7.05 Å². The lowest BCUT2D eigenvalue weighted by molar-refractivity contribution is 1.000. The van der Waals surface area contributed by atoms with E-state index in [1.54, 1.807) is 37.9 Å². The molecule has 4 nitrogen and oxygen atoms in total. The normalized spacial score (nSPS) is 10.2. The van der Waals surface area contributed by atoms with Crippen molar-refractivity contribution in [3.8, 4) is 0 Å². The Morgan fingerprint density at radius 2 is 2.00 bits per heavy atom. The SMILES string of the molecule is CC.CC/C(N)=C/C=NC.CCc1cnccn1. The van der Waals surface area contributed by atoms with Crippen molar-refractivity contribution in [2.45, 2.75) is 40.5 Å². The molecule has 0 fully saturated rings. The molecule has 0 aliphatic heterocycles. The fourth-order valence-corrected chi connectivity index (χ4v) is 0.801. The second-order valence-corrected chi connectivity index (χ2v) is 3.05. The molecule has 2 N–H and O–H groups in total. The van der Waals surface area contributed by atoms with Crippen LogP contribution in [0.1, 0.15) is 39.8 Å². The van der Waals surface area contributed by atoms with E-state index in [4.69, 9.17) is 5.73 Å². The van der Waals surface area contributed by atoms with Crippen LogP contribution in [0.5, 0.6) is 0 Å². The van der Waals surface area contributed by atoms with Gasteiger partial charge in [0.2, 0.25) is 0 Å². The first-order chi connectivity index (χ1) is 8.74. The topological polar surface area (TPSA) is 64.2 Å². The first-order valence-electron chi connectivity index (χ1n) is 6.36. The van der Waals surface area contributed by atoms with Crippen LogP contribution in [-0.2, 0) is 6.42 Å². The van der Waals surface area contributed by atoms with Crippen molar-refractivity contribution >= 4 is 6.21 Å². The van der Waals surface area contributed by atoms with Crippen LogP contribution in [0, 0.1) is 0 Å². The molecule has 0 bridgehead atoms. The smallest absolute Gasteiger partial charge is 0.0583 e. The van der Waals surface area contributed by atoms with Crippen LogP contribution in [0.2, 0.25) is 0 Å². The number of allylic oxidation sites excluding steroid dienone is 2. The molecule has 1 rings (SSSR count). The molecule has 0 spiro atoms. The molecule has 0 saturated carbocycles. The number of aliphatic imine (C=N–C) groups is 1. The van der Waals surface area contributed by atoms with Crippen molar-refractivity contribution < 1.29 is 0 Å². The van der Waals surface area contributed by atoms with Crippen LogP contribution in [0.3, 0.4) is 0 Å². The van der Waals surface area contributed by atoms with E-state index in [1.807, 2.05) is 20.8 Å². The molecule has 0 aliphatic carbocycles. The quantitative estimate of drug-likeness (QED) is 0.839. The molecule has 0 aliphatic rings. The molecule has 102 valence electrons. The molecule has 0 aromatic carbocycles. The second-order valence-electron chi connectivity index (χ2n) is 3.05. The van der Waals surface area contributed by atoms with Gasteiger partial charge in [-0.2, -0.15) is 0 Å². The van der Waals surface area contributed by atoms with Crippen LogP contribution in [0.25, 0.3) is 0 Å². The van der Waals surface area contributed by atoms with Gasteiger partial charge < -0.3 is 5.73 Å². The minimum Gasteiger partial charge on any atom is -0.402 e. The van der Waals surface area contributed by atoms with Crippen LogP contribution in [0.15, 0.2) is 35.4 Å². The summed E-state index contributed by atoms with van der Waals surface area (Å²) < 4.78 is 0. The first kappa shape index (κ1) is 18.6. The monoisotopic (exact) mass is 250 g/mol. The van der Waals surface area contributed by atoms with E-state index >= 15 is 0 Å². The van der Waals surface area contributed by atoms with Gasteiger partial charge in [0.1, 0.15) is 0 Å². The van der Waals surface area contributed by atoms with Gasteiger partial charge in [0.15, 0.2) is 0 Å². The number of nitrogens with two attached hydrogens (primary N) is 1.